The third kappa shape index (κ3) is 3.62. The van der Waals surface area contributed by atoms with Gasteiger partial charge in [-0.1, -0.05) is 24.3 Å². The van der Waals surface area contributed by atoms with E-state index < -0.39 is 5.54 Å². The zero-order valence-corrected chi connectivity index (χ0v) is 21.5. The first-order valence-electron chi connectivity index (χ1n) is 12.4. The van der Waals surface area contributed by atoms with E-state index in [1.807, 2.05) is 13.8 Å². The number of nitrogens with zero attached hydrogens (tertiary/aromatic N) is 5. The second kappa shape index (κ2) is 8.14. The molecule has 1 fully saturated rings. The summed E-state index contributed by atoms with van der Waals surface area (Å²) >= 11 is 1.43. The number of nitrogen functional groups attached to an aromatic ring is 2. The van der Waals surface area contributed by atoms with Gasteiger partial charge in [0.05, 0.1) is 18.4 Å². The minimum Gasteiger partial charge on any atom is -0.382 e. The maximum Gasteiger partial charge on any atom is 0.277 e. The van der Waals surface area contributed by atoms with E-state index in [0.717, 1.165) is 42.9 Å². The standard InChI is InChI=1S/C26H32N8OS/c1-25(2)12-17-18(36-24(29)31-17)14-34(25)23(35)20-22(28)32-19(13-30-20)33-9-7-26(8-10-33)11-15-5-3-4-6-16(15)21(26)27/h3-6,13,21H,7-12,14,27H2,1-2H3,(H2,28,32)(H2,29,31). The number of amides is 1. The number of fused-ring (bicyclic) bond motifs is 2. The Balaban J connectivity index is 1.18. The first-order chi connectivity index (χ1) is 17.2. The highest BCUT2D eigenvalue weighted by atomic mass is 32.1. The van der Waals surface area contributed by atoms with Crippen LogP contribution in [0.5, 0.6) is 0 Å². The summed E-state index contributed by atoms with van der Waals surface area (Å²) in [7, 11) is 0. The van der Waals surface area contributed by atoms with Crippen LogP contribution in [0.3, 0.4) is 0 Å². The first-order valence-corrected chi connectivity index (χ1v) is 13.3. The third-order valence-electron chi connectivity index (χ3n) is 8.34. The van der Waals surface area contributed by atoms with E-state index >= 15 is 0 Å². The zero-order chi connectivity index (χ0) is 25.2. The Morgan fingerprint density at radius 2 is 1.86 bits per heavy atom. The Morgan fingerprint density at radius 1 is 1.11 bits per heavy atom. The van der Waals surface area contributed by atoms with Crippen molar-refractivity contribution in [3.63, 3.8) is 0 Å². The molecule has 3 aromatic rings. The minimum absolute atomic E-state index is 0.0642. The van der Waals surface area contributed by atoms with Gasteiger partial charge in [0.15, 0.2) is 16.6 Å². The molecule has 188 valence electrons. The summed E-state index contributed by atoms with van der Waals surface area (Å²) in [6.07, 6.45) is 5.30. The molecule has 1 unspecified atom stereocenters. The molecule has 1 atom stereocenters. The molecule has 10 heteroatoms. The number of anilines is 3. The molecule has 9 nitrogen and oxygen atoms in total. The second-order valence-electron chi connectivity index (χ2n) is 11.0. The smallest absolute Gasteiger partial charge is 0.277 e. The van der Waals surface area contributed by atoms with E-state index in [2.05, 4.69) is 44.1 Å². The summed E-state index contributed by atoms with van der Waals surface area (Å²) in [5.74, 6) is 0.646. The van der Waals surface area contributed by atoms with Crippen molar-refractivity contribution in [2.24, 2.45) is 11.1 Å². The van der Waals surface area contributed by atoms with E-state index in [1.165, 1.54) is 22.5 Å². The lowest BCUT2D eigenvalue weighted by Gasteiger charge is -2.42. The summed E-state index contributed by atoms with van der Waals surface area (Å²) in [6.45, 7) is 6.15. The molecule has 1 aliphatic carbocycles. The molecule has 6 rings (SSSR count). The fraction of sp³-hybridized carbons (Fsp3) is 0.462. The molecule has 0 saturated carbocycles. The van der Waals surface area contributed by atoms with Gasteiger partial charge in [-0.3, -0.25) is 4.79 Å². The van der Waals surface area contributed by atoms with Crippen molar-refractivity contribution in [3.05, 3.63) is 57.9 Å². The fourth-order valence-corrected chi connectivity index (χ4v) is 7.04. The van der Waals surface area contributed by atoms with Crippen LogP contribution < -0.4 is 22.1 Å². The normalized spacial score (nSPS) is 21.9. The molecule has 1 spiro atoms. The topological polar surface area (TPSA) is 140 Å². The minimum atomic E-state index is -0.434. The van der Waals surface area contributed by atoms with Crippen molar-refractivity contribution in [3.8, 4) is 0 Å². The number of aromatic nitrogens is 3. The van der Waals surface area contributed by atoms with Crippen LogP contribution in [0.4, 0.5) is 16.8 Å². The number of nitrogens with two attached hydrogens (primary N) is 3. The van der Waals surface area contributed by atoms with Crippen molar-refractivity contribution < 1.29 is 4.79 Å². The fourth-order valence-electron chi connectivity index (χ4n) is 6.20. The van der Waals surface area contributed by atoms with Gasteiger partial charge in [0.25, 0.3) is 5.91 Å². The molecule has 1 aromatic carbocycles. The van der Waals surface area contributed by atoms with E-state index in [-0.39, 0.29) is 28.9 Å². The van der Waals surface area contributed by atoms with Gasteiger partial charge in [-0.15, -0.1) is 11.3 Å². The first kappa shape index (κ1) is 23.2. The van der Waals surface area contributed by atoms with Crippen LogP contribution in [0.25, 0.3) is 0 Å². The number of thiazole rings is 1. The maximum absolute atomic E-state index is 13.5. The summed E-state index contributed by atoms with van der Waals surface area (Å²) in [6, 6.07) is 8.60. The van der Waals surface area contributed by atoms with Gasteiger partial charge in [-0.2, -0.15) is 0 Å². The van der Waals surface area contributed by atoms with Crippen molar-refractivity contribution in [2.45, 2.75) is 57.7 Å². The number of hydrogen-bond acceptors (Lipinski definition) is 9. The molecule has 0 radical (unpaired) electrons. The maximum atomic E-state index is 13.5. The van der Waals surface area contributed by atoms with Gasteiger partial charge in [-0.05, 0) is 49.7 Å². The van der Waals surface area contributed by atoms with Crippen molar-refractivity contribution in [1.82, 2.24) is 19.9 Å². The molecule has 6 N–H and O–H groups in total. The van der Waals surface area contributed by atoms with E-state index in [9.17, 15) is 4.79 Å². The lowest BCUT2D eigenvalue weighted by Crippen LogP contribution is -2.51. The van der Waals surface area contributed by atoms with Gasteiger partial charge in [0, 0.05) is 36.0 Å². The quantitative estimate of drug-likeness (QED) is 0.484. The molecular weight excluding hydrogens is 472 g/mol. The Labute approximate surface area is 214 Å². The molecule has 4 heterocycles. The van der Waals surface area contributed by atoms with Crippen LogP contribution in [0.15, 0.2) is 30.5 Å². The average molecular weight is 505 g/mol. The summed E-state index contributed by atoms with van der Waals surface area (Å²) in [5.41, 5.74) is 22.4. The zero-order valence-electron chi connectivity index (χ0n) is 20.7. The Bertz CT molecular complexity index is 1340. The second-order valence-corrected chi connectivity index (χ2v) is 12.1. The Morgan fingerprint density at radius 3 is 2.58 bits per heavy atom. The van der Waals surface area contributed by atoms with Crippen LogP contribution in [0.2, 0.25) is 0 Å². The van der Waals surface area contributed by atoms with Crippen LogP contribution in [0.1, 0.15) is 64.9 Å². The number of carbonyl (C=O) groups excluding carboxylic acids is 1. The van der Waals surface area contributed by atoms with Crippen LogP contribution in [-0.4, -0.2) is 44.4 Å². The molecule has 1 saturated heterocycles. The Hall–Kier alpha value is -3.24. The lowest BCUT2D eigenvalue weighted by atomic mass is 9.73. The van der Waals surface area contributed by atoms with Crippen molar-refractivity contribution >= 4 is 34.0 Å². The van der Waals surface area contributed by atoms with Crippen LogP contribution >= 0.6 is 11.3 Å². The molecular formula is C26H32N8OS. The SMILES string of the molecule is CC1(C)Cc2nc(N)sc2CN1C(=O)c1ncc(N2CCC3(CC2)Cc2ccccc2C3N)nc1N. The summed E-state index contributed by atoms with van der Waals surface area (Å²) in [5, 5.41) is 0.527. The molecule has 2 aliphatic heterocycles. The average Bonchev–Trinajstić information content (AvgIpc) is 3.33. The summed E-state index contributed by atoms with van der Waals surface area (Å²) < 4.78 is 0. The predicted molar refractivity (Wildman–Crippen MR) is 142 cm³/mol. The monoisotopic (exact) mass is 504 g/mol. The number of hydrogen-bond donors (Lipinski definition) is 3. The number of benzene rings is 1. The molecule has 0 bridgehead atoms. The number of piperidine rings is 1. The summed E-state index contributed by atoms with van der Waals surface area (Å²) in [4.78, 5) is 32.1. The van der Waals surface area contributed by atoms with Gasteiger partial charge >= 0.3 is 0 Å². The van der Waals surface area contributed by atoms with Crippen molar-refractivity contribution in [1.29, 1.82) is 0 Å². The highest BCUT2D eigenvalue weighted by molar-refractivity contribution is 7.15. The highest BCUT2D eigenvalue weighted by Crippen LogP contribution is 2.51. The lowest BCUT2D eigenvalue weighted by molar-refractivity contribution is 0.0485. The molecule has 3 aliphatic rings. The molecule has 36 heavy (non-hydrogen) atoms. The van der Waals surface area contributed by atoms with Gasteiger partial charge in [-0.25, -0.2) is 15.0 Å². The molecule has 2 aromatic heterocycles. The number of rotatable bonds is 2. The van der Waals surface area contributed by atoms with Gasteiger partial charge < -0.3 is 27.0 Å². The predicted octanol–water partition coefficient (Wildman–Crippen LogP) is 2.92. The van der Waals surface area contributed by atoms with E-state index in [1.54, 1.807) is 11.1 Å². The Kier molecular flexibility index (Phi) is 5.24. The van der Waals surface area contributed by atoms with Gasteiger partial charge in [0.2, 0.25) is 0 Å². The van der Waals surface area contributed by atoms with Crippen LogP contribution in [-0.2, 0) is 19.4 Å². The van der Waals surface area contributed by atoms with E-state index in [4.69, 9.17) is 17.2 Å². The number of carbonyl (C=O) groups is 1. The third-order valence-corrected chi connectivity index (χ3v) is 9.25. The van der Waals surface area contributed by atoms with Gasteiger partial charge in [0.1, 0.15) is 5.82 Å². The van der Waals surface area contributed by atoms with E-state index in [0.29, 0.717) is 23.9 Å². The molecule has 1 amide bonds. The van der Waals surface area contributed by atoms with Crippen molar-refractivity contribution in [2.75, 3.05) is 29.5 Å². The highest BCUT2D eigenvalue weighted by Gasteiger charge is 2.46. The largest absolute Gasteiger partial charge is 0.382 e. The van der Waals surface area contributed by atoms with Crippen LogP contribution in [0, 0.1) is 5.41 Å².